The minimum Gasteiger partial charge on any atom is -0.368 e. The molecule has 2 heterocycles. The van der Waals surface area contributed by atoms with Crippen molar-refractivity contribution in [2.45, 2.75) is 5.92 Å². The van der Waals surface area contributed by atoms with Crippen LogP contribution in [0.3, 0.4) is 0 Å². The summed E-state index contributed by atoms with van der Waals surface area (Å²) in [6, 6.07) is 16.5. The van der Waals surface area contributed by atoms with Crippen molar-refractivity contribution in [2.75, 3.05) is 18.0 Å². The molecule has 0 aliphatic carbocycles. The first kappa shape index (κ1) is 13.1. The largest absolute Gasteiger partial charge is 0.368 e. The zero-order valence-corrected chi connectivity index (χ0v) is 11.5. The van der Waals surface area contributed by atoms with Crippen molar-refractivity contribution >= 4 is 5.69 Å². The van der Waals surface area contributed by atoms with Gasteiger partial charge in [0.25, 0.3) is 0 Å². The Balaban J connectivity index is 1.92. The molecule has 1 saturated heterocycles. The van der Waals surface area contributed by atoms with Gasteiger partial charge in [-0.2, -0.15) is 10.5 Å². The van der Waals surface area contributed by atoms with Crippen LogP contribution < -0.4 is 4.90 Å². The quantitative estimate of drug-likeness (QED) is 0.844. The van der Waals surface area contributed by atoms with Crippen LogP contribution in [0.1, 0.15) is 17.0 Å². The van der Waals surface area contributed by atoms with E-state index >= 15 is 0 Å². The minimum absolute atomic E-state index is 0.0629. The van der Waals surface area contributed by atoms with Crippen LogP contribution >= 0.6 is 0 Å². The van der Waals surface area contributed by atoms with Crippen LogP contribution in [0.4, 0.5) is 5.69 Å². The van der Waals surface area contributed by atoms with E-state index in [0.717, 1.165) is 12.2 Å². The van der Waals surface area contributed by atoms with Crippen molar-refractivity contribution in [1.29, 1.82) is 10.5 Å². The highest BCUT2D eigenvalue weighted by Crippen LogP contribution is 2.35. The molecule has 21 heavy (non-hydrogen) atoms. The maximum Gasteiger partial charge on any atom is 0.103 e. The Morgan fingerprint density at radius 3 is 2.62 bits per heavy atom. The lowest BCUT2D eigenvalue weighted by Crippen LogP contribution is -2.20. The van der Waals surface area contributed by atoms with Crippen molar-refractivity contribution < 1.29 is 0 Å². The second kappa shape index (κ2) is 5.64. The second-order valence-electron chi connectivity index (χ2n) is 5.16. The van der Waals surface area contributed by atoms with E-state index in [9.17, 15) is 10.5 Å². The number of aromatic nitrogens is 1. The van der Waals surface area contributed by atoms with Crippen LogP contribution in [0.25, 0.3) is 0 Å². The number of nitrogens with zero attached hydrogens (tertiary/aromatic N) is 4. The molecule has 2 atom stereocenters. The summed E-state index contributed by atoms with van der Waals surface area (Å²) < 4.78 is 0. The summed E-state index contributed by atoms with van der Waals surface area (Å²) in [5, 5.41) is 18.6. The van der Waals surface area contributed by atoms with Gasteiger partial charge in [0.15, 0.2) is 0 Å². The average molecular weight is 274 g/mol. The molecule has 3 rings (SSSR count). The van der Waals surface area contributed by atoms with Gasteiger partial charge in [-0.1, -0.05) is 30.3 Å². The molecule has 1 aromatic heterocycles. The minimum atomic E-state index is -0.0629. The summed E-state index contributed by atoms with van der Waals surface area (Å²) in [6.45, 7) is 1.40. The molecule has 0 unspecified atom stereocenters. The lowest BCUT2D eigenvalue weighted by molar-refractivity contribution is 0.647. The molecule has 2 aromatic rings. The van der Waals surface area contributed by atoms with Gasteiger partial charge in [0.05, 0.1) is 23.2 Å². The van der Waals surface area contributed by atoms with Crippen molar-refractivity contribution in [1.82, 2.24) is 4.98 Å². The first-order valence-corrected chi connectivity index (χ1v) is 6.87. The van der Waals surface area contributed by atoms with Gasteiger partial charge in [-0.15, -0.1) is 0 Å². The van der Waals surface area contributed by atoms with Gasteiger partial charge in [0.2, 0.25) is 0 Å². The molecule has 1 aliphatic rings. The zero-order valence-electron chi connectivity index (χ0n) is 11.5. The molecule has 1 aromatic carbocycles. The standard InChI is InChI=1S/C17H14N4/c18-8-14-10-20-7-6-17(14)21-11-15(9-19)16(12-21)13-4-2-1-3-5-13/h1-7,10,15-16H,11-12H2/t15-,16+/m1/s1. The normalized spacial score (nSPS) is 20.8. The third kappa shape index (κ3) is 2.44. The van der Waals surface area contributed by atoms with Gasteiger partial charge in [0.1, 0.15) is 6.07 Å². The molecule has 0 amide bonds. The van der Waals surface area contributed by atoms with Crippen LogP contribution in [0.5, 0.6) is 0 Å². The van der Waals surface area contributed by atoms with Crippen LogP contribution in [0.2, 0.25) is 0 Å². The van der Waals surface area contributed by atoms with Gasteiger partial charge in [-0.05, 0) is 11.6 Å². The van der Waals surface area contributed by atoms with Gasteiger partial charge in [-0.25, -0.2) is 0 Å². The molecule has 0 radical (unpaired) electrons. The number of pyridine rings is 1. The second-order valence-corrected chi connectivity index (χ2v) is 5.16. The molecular formula is C17H14N4. The summed E-state index contributed by atoms with van der Waals surface area (Å²) >= 11 is 0. The van der Waals surface area contributed by atoms with Crippen LogP contribution in [0, 0.1) is 28.6 Å². The van der Waals surface area contributed by atoms with Gasteiger partial charge in [-0.3, -0.25) is 4.98 Å². The smallest absolute Gasteiger partial charge is 0.103 e. The van der Waals surface area contributed by atoms with E-state index in [1.165, 1.54) is 5.56 Å². The highest BCUT2D eigenvalue weighted by atomic mass is 15.2. The van der Waals surface area contributed by atoms with Gasteiger partial charge in [0, 0.05) is 31.4 Å². The topological polar surface area (TPSA) is 63.7 Å². The number of rotatable bonds is 2. The van der Waals surface area contributed by atoms with E-state index in [0.29, 0.717) is 12.1 Å². The van der Waals surface area contributed by atoms with Crippen LogP contribution in [0.15, 0.2) is 48.8 Å². The Labute approximate surface area is 123 Å². The number of hydrogen-bond acceptors (Lipinski definition) is 4. The summed E-state index contributed by atoms with van der Waals surface area (Å²) in [4.78, 5) is 6.11. The molecule has 0 bridgehead atoms. The van der Waals surface area contributed by atoms with Gasteiger partial charge < -0.3 is 4.90 Å². The molecule has 1 aliphatic heterocycles. The van der Waals surface area contributed by atoms with E-state index in [2.05, 4.69) is 34.2 Å². The van der Waals surface area contributed by atoms with Crippen molar-refractivity contribution in [3.05, 3.63) is 59.9 Å². The van der Waals surface area contributed by atoms with E-state index < -0.39 is 0 Å². The lowest BCUT2D eigenvalue weighted by atomic mass is 9.90. The number of anilines is 1. The number of benzene rings is 1. The zero-order chi connectivity index (χ0) is 14.7. The Kier molecular flexibility index (Phi) is 3.53. The van der Waals surface area contributed by atoms with Crippen molar-refractivity contribution in [3.8, 4) is 12.1 Å². The maximum atomic E-state index is 9.43. The fourth-order valence-electron chi connectivity index (χ4n) is 2.92. The summed E-state index contributed by atoms with van der Waals surface area (Å²) in [6.07, 6.45) is 3.26. The molecule has 0 saturated carbocycles. The fourth-order valence-corrected chi connectivity index (χ4v) is 2.92. The van der Waals surface area contributed by atoms with Crippen molar-refractivity contribution in [3.63, 3.8) is 0 Å². The third-order valence-corrected chi connectivity index (χ3v) is 3.97. The van der Waals surface area contributed by atoms with Gasteiger partial charge >= 0.3 is 0 Å². The molecular weight excluding hydrogens is 260 g/mol. The predicted molar refractivity (Wildman–Crippen MR) is 79.5 cm³/mol. The fraction of sp³-hybridized carbons (Fsp3) is 0.235. The molecule has 102 valence electrons. The Morgan fingerprint density at radius 2 is 1.90 bits per heavy atom. The summed E-state index contributed by atoms with van der Waals surface area (Å²) in [7, 11) is 0. The molecule has 1 fully saturated rings. The number of nitriles is 2. The predicted octanol–water partition coefficient (Wildman–Crippen LogP) is 2.70. The highest BCUT2D eigenvalue weighted by molar-refractivity contribution is 5.59. The number of hydrogen-bond donors (Lipinski definition) is 0. The maximum absolute atomic E-state index is 9.43. The highest BCUT2D eigenvalue weighted by Gasteiger charge is 2.34. The Hall–Kier alpha value is -2.85. The molecule has 0 spiro atoms. The SMILES string of the molecule is N#Cc1cnccc1N1C[C@@H](C#N)[C@H](c2ccccc2)C1. The van der Waals surface area contributed by atoms with E-state index in [1.807, 2.05) is 24.3 Å². The summed E-state index contributed by atoms with van der Waals surface area (Å²) in [5.41, 5.74) is 2.60. The third-order valence-electron chi connectivity index (χ3n) is 3.97. The van der Waals surface area contributed by atoms with E-state index in [1.54, 1.807) is 12.4 Å². The van der Waals surface area contributed by atoms with Crippen molar-refractivity contribution in [2.24, 2.45) is 5.92 Å². The van der Waals surface area contributed by atoms with Crippen LogP contribution in [-0.4, -0.2) is 18.1 Å². The first-order chi connectivity index (χ1) is 10.3. The molecule has 4 nitrogen and oxygen atoms in total. The lowest BCUT2D eigenvalue weighted by Gasteiger charge is -2.19. The first-order valence-electron chi connectivity index (χ1n) is 6.87. The Bertz CT molecular complexity index is 712. The van der Waals surface area contributed by atoms with Crippen LogP contribution in [-0.2, 0) is 0 Å². The molecule has 0 N–H and O–H groups in total. The van der Waals surface area contributed by atoms with E-state index in [-0.39, 0.29) is 11.8 Å². The average Bonchev–Trinajstić information content (AvgIpc) is 2.99. The monoisotopic (exact) mass is 274 g/mol. The Morgan fingerprint density at radius 1 is 1.10 bits per heavy atom. The van der Waals surface area contributed by atoms with E-state index in [4.69, 9.17) is 0 Å². The molecule has 4 heteroatoms. The summed E-state index contributed by atoms with van der Waals surface area (Å²) in [5.74, 6) is 0.114.